The summed E-state index contributed by atoms with van der Waals surface area (Å²) >= 11 is 0.981. The zero-order valence-corrected chi connectivity index (χ0v) is 13.5. The summed E-state index contributed by atoms with van der Waals surface area (Å²) in [4.78, 5) is 28.8. The van der Waals surface area contributed by atoms with Gasteiger partial charge in [-0.1, -0.05) is 23.5 Å². The molecule has 0 saturated heterocycles. The Bertz CT molecular complexity index is 820. The first-order valence-corrected chi connectivity index (χ1v) is 8.09. The second kappa shape index (κ2) is 6.71. The molecular formula is C15H12F3N3O3S. The number of rotatable bonds is 3. The minimum atomic E-state index is -4.91. The Morgan fingerprint density at radius 3 is 2.84 bits per heavy atom. The van der Waals surface area contributed by atoms with Crippen LogP contribution in [0.15, 0.2) is 24.3 Å². The van der Waals surface area contributed by atoms with Gasteiger partial charge in [-0.25, -0.2) is 4.98 Å². The van der Waals surface area contributed by atoms with Crippen LogP contribution in [0.2, 0.25) is 0 Å². The van der Waals surface area contributed by atoms with Crippen LogP contribution in [0.25, 0.3) is 0 Å². The van der Waals surface area contributed by atoms with Gasteiger partial charge >= 0.3 is 6.36 Å². The predicted octanol–water partition coefficient (Wildman–Crippen LogP) is 2.97. The molecule has 2 amide bonds. The van der Waals surface area contributed by atoms with E-state index in [0.29, 0.717) is 23.5 Å². The highest BCUT2D eigenvalue weighted by molar-refractivity contribution is 7.17. The molecule has 0 bridgehead atoms. The molecule has 2 N–H and O–H groups in total. The Labute approximate surface area is 144 Å². The molecule has 0 radical (unpaired) electrons. The summed E-state index contributed by atoms with van der Waals surface area (Å²) in [6.07, 6.45) is -3.61. The minimum absolute atomic E-state index is 0.147. The summed E-state index contributed by atoms with van der Waals surface area (Å²) in [5, 5.41) is 5.28. The summed E-state index contributed by atoms with van der Waals surface area (Å²) < 4.78 is 41.2. The standard InChI is InChI=1S/C15H12F3N3O3S/c16-15(17,18)24-10-6-2-1-4-8(10)12(22)21-14-20-9-5-3-7-19-13(23)11(9)25-14/h1-2,4,6H,3,5,7H2,(H,19,23)(H,20,21,22). The smallest absolute Gasteiger partial charge is 0.405 e. The third-order valence-corrected chi connectivity index (χ3v) is 4.37. The molecule has 0 unspecified atom stereocenters. The van der Waals surface area contributed by atoms with E-state index in [4.69, 9.17) is 0 Å². The zero-order valence-electron chi connectivity index (χ0n) is 12.6. The largest absolute Gasteiger partial charge is 0.573 e. The Kier molecular flexibility index (Phi) is 4.62. The number of nitrogens with one attached hydrogen (secondary N) is 2. The number of ether oxygens (including phenoxy) is 1. The van der Waals surface area contributed by atoms with Gasteiger partial charge in [-0.05, 0) is 25.0 Å². The molecule has 0 atom stereocenters. The van der Waals surface area contributed by atoms with Crippen LogP contribution in [0, 0.1) is 0 Å². The fourth-order valence-electron chi connectivity index (χ4n) is 2.32. The van der Waals surface area contributed by atoms with Gasteiger partial charge in [0.2, 0.25) is 0 Å². The molecule has 2 heterocycles. The van der Waals surface area contributed by atoms with Crippen LogP contribution in [0.4, 0.5) is 18.3 Å². The second-order valence-electron chi connectivity index (χ2n) is 5.15. The van der Waals surface area contributed by atoms with E-state index in [0.717, 1.165) is 23.8 Å². The molecule has 1 aliphatic heterocycles. The molecule has 6 nitrogen and oxygen atoms in total. The fraction of sp³-hybridized carbons (Fsp3) is 0.267. The highest BCUT2D eigenvalue weighted by atomic mass is 32.1. The zero-order chi connectivity index (χ0) is 18.0. The normalized spacial score (nSPS) is 14.3. The van der Waals surface area contributed by atoms with Crippen molar-refractivity contribution in [2.24, 2.45) is 0 Å². The van der Waals surface area contributed by atoms with Crippen LogP contribution < -0.4 is 15.4 Å². The maximum atomic E-state index is 12.4. The van der Waals surface area contributed by atoms with E-state index in [1.165, 1.54) is 18.2 Å². The van der Waals surface area contributed by atoms with E-state index in [9.17, 15) is 22.8 Å². The lowest BCUT2D eigenvalue weighted by atomic mass is 10.2. The number of halogens is 3. The lowest BCUT2D eigenvalue weighted by Crippen LogP contribution is -2.21. The van der Waals surface area contributed by atoms with E-state index >= 15 is 0 Å². The maximum absolute atomic E-state index is 12.4. The van der Waals surface area contributed by atoms with Crippen molar-refractivity contribution in [3.05, 3.63) is 40.4 Å². The van der Waals surface area contributed by atoms with E-state index in [2.05, 4.69) is 20.4 Å². The number of anilines is 1. The topological polar surface area (TPSA) is 80.3 Å². The Hall–Kier alpha value is -2.62. The van der Waals surface area contributed by atoms with Gasteiger partial charge in [-0.3, -0.25) is 14.9 Å². The molecule has 0 aliphatic carbocycles. The maximum Gasteiger partial charge on any atom is 0.573 e. The molecule has 1 aliphatic rings. The van der Waals surface area contributed by atoms with E-state index in [-0.39, 0.29) is 16.6 Å². The molecule has 10 heteroatoms. The van der Waals surface area contributed by atoms with Crippen molar-refractivity contribution in [1.29, 1.82) is 0 Å². The number of thiazole rings is 1. The number of nitrogens with zero attached hydrogens (tertiary/aromatic N) is 1. The fourth-order valence-corrected chi connectivity index (χ4v) is 3.25. The average molecular weight is 371 g/mol. The molecular weight excluding hydrogens is 359 g/mol. The van der Waals surface area contributed by atoms with Gasteiger partial charge in [0.15, 0.2) is 5.13 Å². The van der Waals surface area contributed by atoms with Gasteiger partial charge in [0, 0.05) is 6.54 Å². The number of hydrogen-bond donors (Lipinski definition) is 2. The van der Waals surface area contributed by atoms with Crippen LogP contribution in [0.1, 0.15) is 32.1 Å². The third kappa shape index (κ3) is 4.08. The second-order valence-corrected chi connectivity index (χ2v) is 6.15. The number of alkyl halides is 3. The molecule has 1 aromatic heterocycles. The number of fused-ring (bicyclic) bond motifs is 1. The molecule has 132 valence electrons. The first-order valence-electron chi connectivity index (χ1n) is 7.27. The number of benzene rings is 1. The van der Waals surface area contributed by atoms with Crippen LogP contribution in [-0.2, 0) is 6.42 Å². The summed E-state index contributed by atoms with van der Waals surface area (Å²) in [6.45, 7) is 0.547. The van der Waals surface area contributed by atoms with E-state index in [1.54, 1.807) is 0 Å². The van der Waals surface area contributed by atoms with E-state index < -0.39 is 18.0 Å². The van der Waals surface area contributed by atoms with Crippen molar-refractivity contribution in [2.45, 2.75) is 19.2 Å². The Balaban J connectivity index is 1.82. The molecule has 0 spiro atoms. The number of carbonyl (C=O) groups is 2. The lowest BCUT2D eigenvalue weighted by molar-refractivity contribution is -0.274. The number of hydrogen-bond acceptors (Lipinski definition) is 5. The van der Waals surface area contributed by atoms with Crippen molar-refractivity contribution in [1.82, 2.24) is 10.3 Å². The summed E-state index contributed by atoms with van der Waals surface area (Å²) in [6, 6.07) is 5.00. The molecule has 0 fully saturated rings. The van der Waals surface area contributed by atoms with Crippen LogP contribution in [0.5, 0.6) is 5.75 Å². The Morgan fingerprint density at radius 1 is 1.32 bits per heavy atom. The molecule has 3 rings (SSSR count). The SMILES string of the molecule is O=C(Nc1nc2c(s1)C(=O)NCCC2)c1ccccc1OC(F)(F)F. The van der Waals surface area contributed by atoms with Gasteiger partial charge in [0.1, 0.15) is 10.6 Å². The number of aryl methyl sites for hydroxylation is 1. The van der Waals surface area contributed by atoms with Crippen molar-refractivity contribution in [2.75, 3.05) is 11.9 Å². The van der Waals surface area contributed by atoms with Gasteiger partial charge in [-0.2, -0.15) is 0 Å². The first kappa shape index (κ1) is 17.2. The van der Waals surface area contributed by atoms with Crippen LogP contribution >= 0.6 is 11.3 Å². The highest BCUT2D eigenvalue weighted by Crippen LogP contribution is 2.29. The summed E-state index contributed by atoms with van der Waals surface area (Å²) in [5.41, 5.74) is 0.282. The third-order valence-electron chi connectivity index (χ3n) is 3.36. The van der Waals surface area contributed by atoms with Gasteiger partial charge in [0.25, 0.3) is 11.8 Å². The first-order chi connectivity index (χ1) is 11.8. The van der Waals surface area contributed by atoms with Crippen LogP contribution in [-0.4, -0.2) is 29.7 Å². The quantitative estimate of drug-likeness (QED) is 0.869. The molecule has 25 heavy (non-hydrogen) atoms. The predicted molar refractivity (Wildman–Crippen MR) is 83.8 cm³/mol. The number of amides is 2. The van der Waals surface area contributed by atoms with Crippen LogP contribution in [0.3, 0.4) is 0 Å². The number of carbonyl (C=O) groups excluding carboxylic acids is 2. The van der Waals surface area contributed by atoms with Crippen molar-refractivity contribution >= 4 is 28.3 Å². The van der Waals surface area contributed by atoms with Crippen molar-refractivity contribution in [3.8, 4) is 5.75 Å². The van der Waals surface area contributed by atoms with Gasteiger partial charge in [-0.15, -0.1) is 13.2 Å². The lowest BCUT2D eigenvalue weighted by Gasteiger charge is -2.12. The minimum Gasteiger partial charge on any atom is -0.405 e. The van der Waals surface area contributed by atoms with E-state index in [1.807, 2.05) is 0 Å². The van der Waals surface area contributed by atoms with Gasteiger partial charge in [0.05, 0.1) is 11.3 Å². The molecule has 1 aromatic carbocycles. The monoisotopic (exact) mass is 371 g/mol. The van der Waals surface area contributed by atoms with Crippen molar-refractivity contribution < 1.29 is 27.5 Å². The summed E-state index contributed by atoms with van der Waals surface area (Å²) in [7, 11) is 0. The summed E-state index contributed by atoms with van der Waals surface area (Å²) in [5.74, 6) is -1.68. The average Bonchev–Trinajstić information content (AvgIpc) is 2.85. The number of para-hydroxylation sites is 1. The number of aromatic nitrogens is 1. The highest BCUT2D eigenvalue weighted by Gasteiger charge is 2.33. The van der Waals surface area contributed by atoms with Crippen molar-refractivity contribution in [3.63, 3.8) is 0 Å². The molecule has 0 saturated carbocycles. The van der Waals surface area contributed by atoms with Gasteiger partial charge < -0.3 is 10.1 Å². The molecule has 2 aromatic rings. The Morgan fingerprint density at radius 2 is 2.08 bits per heavy atom.